The van der Waals surface area contributed by atoms with E-state index in [-0.39, 0.29) is 0 Å². The summed E-state index contributed by atoms with van der Waals surface area (Å²) in [5, 5.41) is 7.49. The molecule has 0 radical (unpaired) electrons. The Hall–Kier alpha value is -0.860. The van der Waals surface area contributed by atoms with Gasteiger partial charge in [-0.2, -0.15) is 0 Å². The van der Waals surface area contributed by atoms with Gasteiger partial charge in [0.25, 0.3) is 0 Å². The summed E-state index contributed by atoms with van der Waals surface area (Å²) in [5.74, 6) is 0. The molecule has 3 atom stereocenters. The quantitative estimate of drug-likeness (QED) is 0.816. The number of hydrogen-bond donors (Lipinski definition) is 2. The van der Waals surface area contributed by atoms with Crippen molar-refractivity contribution in [3.05, 3.63) is 35.9 Å². The van der Waals surface area contributed by atoms with Crippen molar-refractivity contribution in [2.24, 2.45) is 5.41 Å². The van der Waals surface area contributed by atoms with Crippen LogP contribution in [0.5, 0.6) is 0 Å². The molecule has 2 rings (SSSR count). The number of hydrogen-bond acceptors (Lipinski definition) is 2. The molecule has 21 heavy (non-hydrogen) atoms. The van der Waals surface area contributed by atoms with Crippen molar-refractivity contribution in [3.63, 3.8) is 0 Å². The Morgan fingerprint density at radius 3 is 2.52 bits per heavy atom. The largest absolute Gasteiger partial charge is 0.314 e. The second kappa shape index (κ2) is 7.42. The summed E-state index contributed by atoms with van der Waals surface area (Å²) >= 11 is 0. The van der Waals surface area contributed by atoms with E-state index in [1.165, 1.54) is 37.8 Å². The maximum atomic E-state index is 3.88. The van der Waals surface area contributed by atoms with Crippen molar-refractivity contribution >= 4 is 0 Å². The molecule has 2 heteroatoms. The molecule has 0 aromatic heterocycles. The molecule has 1 heterocycles. The molecule has 0 spiro atoms. The van der Waals surface area contributed by atoms with Gasteiger partial charge in [0.1, 0.15) is 0 Å². The molecule has 1 saturated heterocycles. The van der Waals surface area contributed by atoms with Crippen molar-refractivity contribution in [1.82, 2.24) is 10.6 Å². The van der Waals surface area contributed by atoms with E-state index >= 15 is 0 Å². The van der Waals surface area contributed by atoms with E-state index in [9.17, 15) is 0 Å². The highest BCUT2D eigenvalue weighted by Gasteiger charge is 2.23. The van der Waals surface area contributed by atoms with Gasteiger partial charge in [-0.3, -0.25) is 0 Å². The molecule has 1 aromatic rings. The topological polar surface area (TPSA) is 24.1 Å². The maximum Gasteiger partial charge on any atom is 0.0327 e. The van der Waals surface area contributed by atoms with Crippen molar-refractivity contribution in [1.29, 1.82) is 0 Å². The van der Waals surface area contributed by atoms with Crippen LogP contribution in [0.25, 0.3) is 0 Å². The first-order chi connectivity index (χ1) is 9.94. The fourth-order valence-corrected chi connectivity index (χ4v) is 3.37. The molecule has 0 amide bonds. The Labute approximate surface area is 130 Å². The first kappa shape index (κ1) is 16.5. The summed E-state index contributed by atoms with van der Waals surface area (Å²) in [6.45, 7) is 10.5. The van der Waals surface area contributed by atoms with Crippen LogP contribution < -0.4 is 10.6 Å². The number of benzene rings is 1. The van der Waals surface area contributed by atoms with Gasteiger partial charge in [0.15, 0.2) is 0 Å². The van der Waals surface area contributed by atoms with Gasteiger partial charge >= 0.3 is 0 Å². The fourth-order valence-electron chi connectivity index (χ4n) is 3.37. The van der Waals surface area contributed by atoms with Crippen LogP contribution in [0.2, 0.25) is 0 Å². The summed E-state index contributed by atoms with van der Waals surface area (Å²) in [6, 6.07) is 12.6. The van der Waals surface area contributed by atoms with Gasteiger partial charge in [-0.15, -0.1) is 0 Å². The minimum atomic E-state index is 0.332. The van der Waals surface area contributed by atoms with Crippen molar-refractivity contribution in [2.45, 2.75) is 71.5 Å². The lowest BCUT2D eigenvalue weighted by atomic mass is 9.85. The zero-order valence-corrected chi connectivity index (χ0v) is 14.2. The van der Waals surface area contributed by atoms with E-state index in [4.69, 9.17) is 0 Å². The van der Waals surface area contributed by atoms with Crippen molar-refractivity contribution in [3.8, 4) is 0 Å². The fraction of sp³-hybridized carbons (Fsp3) is 0.684. The molecular weight excluding hydrogens is 256 g/mol. The Bertz CT molecular complexity index is 401. The van der Waals surface area contributed by atoms with Gasteiger partial charge < -0.3 is 10.6 Å². The molecule has 2 nitrogen and oxygen atoms in total. The average Bonchev–Trinajstić information content (AvgIpc) is 2.90. The van der Waals surface area contributed by atoms with Crippen LogP contribution >= 0.6 is 0 Å². The van der Waals surface area contributed by atoms with Gasteiger partial charge in [-0.1, -0.05) is 51.1 Å². The van der Waals surface area contributed by atoms with E-state index in [1.54, 1.807) is 0 Å². The zero-order chi connectivity index (χ0) is 15.3. The van der Waals surface area contributed by atoms with Gasteiger partial charge in [0.05, 0.1) is 0 Å². The molecule has 1 fully saturated rings. The third kappa shape index (κ3) is 5.80. The van der Waals surface area contributed by atoms with Gasteiger partial charge in [-0.25, -0.2) is 0 Å². The molecule has 0 saturated carbocycles. The van der Waals surface area contributed by atoms with Crippen molar-refractivity contribution in [2.75, 3.05) is 6.54 Å². The van der Waals surface area contributed by atoms with E-state index < -0.39 is 0 Å². The first-order valence-electron chi connectivity index (χ1n) is 8.48. The summed E-state index contributed by atoms with van der Waals surface area (Å²) in [6.07, 6.45) is 5.07. The van der Waals surface area contributed by atoms with Gasteiger partial charge in [-0.05, 0) is 50.1 Å². The molecule has 1 aromatic carbocycles. The van der Waals surface area contributed by atoms with Crippen LogP contribution in [0.15, 0.2) is 30.3 Å². The number of nitrogens with one attached hydrogen (secondary N) is 2. The van der Waals surface area contributed by atoms with Crippen LogP contribution in [0, 0.1) is 5.41 Å². The summed E-state index contributed by atoms with van der Waals surface area (Å²) in [5.41, 5.74) is 1.75. The Kier molecular flexibility index (Phi) is 5.83. The maximum absolute atomic E-state index is 3.88. The molecule has 0 aliphatic carbocycles. The third-order valence-corrected chi connectivity index (χ3v) is 4.30. The molecule has 118 valence electrons. The lowest BCUT2D eigenvalue weighted by Crippen LogP contribution is -2.37. The van der Waals surface area contributed by atoms with Crippen LogP contribution in [0.3, 0.4) is 0 Å². The van der Waals surface area contributed by atoms with Gasteiger partial charge in [0.2, 0.25) is 0 Å². The highest BCUT2D eigenvalue weighted by atomic mass is 15.0. The predicted octanol–water partition coefficient (Wildman–Crippen LogP) is 4.28. The average molecular weight is 288 g/mol. The molecule has 3 unspecified atom stereocenters. The molecule has 0 bridgehead atoms. The highest BCUT2D eigenvalue weighted by Crippen LogP contribution is 2.30. The third-order valence-electron chi connectivity index (χ3n) is 4.30. The Morgan fingerprint density at radius 2 is 1.95 bits per heavy atom. The smallest absolute Gasteiger partial charge is 0.0327 e. The minimum Gasteiger partial charge on any atom is -0.314 e. The molecule has 1 aliphatic rings. The predicted molar refractivity (Wildman–Crippen MR) is 91.5 cm³/mol. The molecule has 2 N–H and O–H groups in total. The highest BCUT2D eigenvalue weighted by molar-refractivity contribution is 5.19. The van der Waals surface area contributed by atoms with Crippen LogP contribution in [0.4, 0.5) is 0 Å². The Morgan fingerprint density at radius 1 is 1.24 bits per heavy atom. The van der Waals surface area contributed by atoms with Crippen LogP contribution in [-0.2, 0) is 0 Å². The Balaban J connectivity index is 1.98. The standard InChI is InChI=1S/C19H32N2/c1-15(13-17-11-8-12-20-17)21-18(14-19(2,3)4)16-9-6-5-7-10-16/h5-7,9-10,15,17-18,20-21H,8,11-14H2,1-4H3. The molecular formula is C19H32N2. The van der Waals surface area contributed by atoms with Gasteiger partial charge in [0, 0.05) is 18.1 Å². The summed E-state index contributed by atoms with van der Waals surface area (Å²) in [4.78, 5) is 0. The second-order valence-electron chi connectivity index (χ2n) is 7.82. The number of rotatable bonds is 6. The van der Waals surface area contributed by atoms with Crippen molar-refractivity contribution < 1.29 is 0 Å². The van der Waals surface area contributed by atoms with E-state index in [1.807, 2.05) is 0 Å². The zero-order valence-electron chi connectivity index (χ0n) is 14.2. The van der Waals surface area contributed by atoms with E-state index in [0.29, 0.717) is 23.5 Å². The van der Waals surface area contributed by atoms with Crippen LogP contribution in [0.1, 0.15) is 65.0 Å². The minimum absolute atomic E-state index is 0.332. The van der Waals surface area contributed by atoms with Crippen LogP contribution in [-0.4, -0.2) is 18.6 Å². The normalized spacial score (nSPS) is 22.2. The SMILES string of the molecule is CC(CC1CCCN1)NC(CC(C)(C)C)c1ccccc1. The first-order valence-corrected chi connectivity index (χ1v) is 8.48. The lowest BCUT2D eigenvalue weighted by Gasteiger charge is -2.30. The summed E-state index contributed by atoms with van der Waals surface area (Å²) in [7, 11) is 0. The monoisotopic (exact) mass is 288 g/mol. The second-order valence-corrected chi connectivity index (χ2v) is 7.82. The van der Waals surface area contributed by atoms with E-state index in [0.717, 1.165) is 0 Å². The summed E-state index contributed by atoms with van der Waals surface area (Å²) < 4.78 is 0. The van der Waals surface area contributed by atoms with E-state index in [2.05, 4.69) is 68.7 Å². The lowest BCUT2D eigenvalue weighted by molar-refractivity contribution is 0.287. The molecule has 1 aliphatic heterocycles.